The van der Waals surface area contributed by atoms with E-state index in [1.54, 1.807) is 0 Å². The number of aliphatic hydroxyl groups excluding tert-OH is 3. The molecule has 1 rings (SSSR count). The van der Waals surface area contributed by atoms with Gasteiger partial charge in [-0.1, -0.05) is 0 Å². The molecule has 0 unspecified atom stereocenters. The Balaban J connectivity index is 2.82. The van der Waals surface area contributed by atoms with Crippen molar-refractivity contribution in [1.82, 2.24) is 0 Å². The zero-order chi connectivity index (χ0) is 15.3. The van der Waals surface area contributed by atoms with E-state index in [9.17, 15) is 24.9 Å². The summed E-state index contributed by atoms with van der Waals surface area (Å²) in [4.78, 5) is 22.5. The van der Waals surface area contributed by atoms with Gasteiger partial charge >= 0.3 is 11.9 Å². The topological polar surface area (TPSA) is 132 Å². The van der Waals surface area contributed by atoms with Gasteiger partial charge in [0.1, 0.15) is 18.3 Å². The van der Waals surface area contributed by atoms with Crippen molar-refractivity contribution in [2.75, 3.05) is 20.8 Å². The Morgan fingerprint density at radius 3 is 2.35 bits per heavy atom. The zero-order valence-corrected chi connectivity index (χ0v) is 10.9. The molecule has 1 heterocycles. The van der Waals surface area contributed by atoms with Crippen molar-refractivity contribution in [2.24, 2.45) is 0 Å². The highest BCUT2D eigenvalue weighted by atomic mass is 16.7. The normalized spacial score (nSPS) is 30.6. The molecule has 0 radical (unpaired) electrons. The number of hydrogen-bond donors (Lipinski definition) is 3. The van der Waals surface area contributed by atoms with Crippen molar-refractivity contribution in [3.63, 3.8) is 0 Å². The third-order valence-corrected chi connectivity index (χ3v) is 2.53. The molecule has 1 fully saturated rings. The first kappa shape index (κ1) is 16.4. The van der Waals surface area contributed by atoms with Gasteiger partial charge in [0.05, 0.1) is 26.9 Å². The summed E-state index contributed by atoms with van der Waals surface area (Å²) in [6, 6.07) is 0. The molecule has 0 amide bonds. The molecule has 0 bridgehead atoms. The van der Waals surface area contributed by atoms with Crippen LogP contribution in [0.25, 0.3) is 0 Å². The monoisotopic (exact) mass is 292 g/mol. The van der Waals surface area contributed by atoms with E-state index in [0.717, 1.165) is 14.2 Å². The predicted molar refractivity (Wildman–Crippen MR) is 61.0 cm³/mol. The summed E-state index contributed by atoms with van der Waals surface area (Å²) in [7, 11) is 2.16. The highest BCUT2D eigenvalue weighted by Crippen LogP contribution is 2.19. The van der Waals surface area contributed by atoms with Gasteiger partial charge in [0.15, 0.2) is 0 Å². The van der Waals surface area contributed by atoms with E-state index in [4.69, 9.17) is 9.47 Å². The molecule has 114 valence electrons. The second-order valence-corrected chi connectivity index (χ2v) is 3.89. The summed E-state index contributed by atoms with van der Waals surface area (Å²) in [5.74, 6) is -2.44. The molecule has 9 nitrogen and oxygen atoms in total. The first-order valence-electron chi connectivity index (χ1n) is 5.61. The van der Waals surface area contributed by atoms with Crippen LogP contribution in [0.5, 0.6) is 0 Å². The van der Waals surface area contributed by atoms with Crippen molar-refractivity contribution in [3.8, 4) is 0 Å². The summed E-state index contributed by atoms with van der Waals surface area (Å²) >= 11 is 0. The summed E-state index contributed by atoms with van der Waals surface area (Å²) in [6.45, 7) is -0.310. The summed E-state index contributed by atoms with van der Waals surface area (Å²) in [5, 5.41) is 28.4. The fourth-order valence-corrected chi connectivity index (χ4v) is 1.42. The van der Waals surface area contributed by atoms with Crippen LogP contribution in [0, 0.1) is 0 Å². The van der Waals surface area contributed by atoms with Crippen LogP contribution in [0.2, 0.25) is 0 Å². The summed E-state index contributed by atoms with van der Waals surface area (Å²) < 4.78 is 18.6. The maximum absolute atomic E-state index is 11.4. The van der Waals surface area contributed by atoms with Gasteiger partial charge in [0, 0.05) is 0 Å². The lowest BCUT2D eigenvalue weighted by Gasteiger charge is -2.34. The number of hydrogen-bond acceptors (Lipinski definition) is 9. The quantitative estimate of drug-likeness (QED) is 0.296. The van der Waals surface area contributed by atoms with Crippen molar-refractivity contribution < 1.29 is 43.9 Å². The van der Waals surface area contributed by atoms with Crippen LogP contribution in [0.3, 0.4) is 0 Å². The molecule has 0 saturated carbocycles. The minimum absolute atomic E-state index is 0.310. The van der Waals surface area contributed by atoms with E-state index in [0.29, 0.717) is 6.08 Å². The van der Waals surface area contributed by atoms with Gasteiger partial charge in [-0.05, 0) is 0 Å². The average Bonchev–Trinajstić information content (AvgIpc) is 2.45. The lowest BCUT2D eigenvalue weighted by Crippen LogP contribution is -2.53. The first-order chi connectivity index (χ1) is 9.40. The van der Waals surface area contributed by atoms with Crippen molar-refractivity contribution in [2.45, 2.75) is 24.6 Å². The molecule has 1 aliphatic heterocycles. The minimum Gasteiger partial charge on any atom is -0.466 e. The maximum Gasteiger partial charge on any atom is 0.373 e. The fourth-order valence-electron chi connectivity index (χ4n) is 1.42. The van der Waals surface area contributed by atoms with Gasteiger partial charge in [-0.3, -0.25) is 0 Å². The predicted octanol–water partition coefficient (Wildman–Crippen LogP) is -2.33. The minimum atomic E-state index is -1.61. The Bertz CT molecular complexity index is 391. The molecule has 0 aromatic rings. The third kappa shape index (κ3) is 3.90. The van der Waals surface area contributed by atoms with Crippen LogP contribution in [0.4, 0.5) is 0 Å². The highest BCUT2D eigenvalue weighted by Gasteiger charge is 2.40. The van der Waals surface area contributed by atoms with E-state index in [1.807, 2.05) is 0 Å². The van der Waals surface area contributed by atoms with E-state index < -0.39 is 42.3 Å². The van der Waals surface area contributed by atoms with Gasteiger partial charge in [0.2, 0.25) is 12.0 Å². The van der Waals surface area contributed by atoms with Crippen molar-refractivity contribution >= 4 is 11.9 Å². The maximum atomic E-state index is 11.4. The number of carbonyl (C=O) groups is 2. The van der Waals surface area contributed by atoms with Crippen LogP contribution < -0.4 is 0 Å². The van der Waals surface area contributed by atoms with Crippen LogP contribution in [-0.4, -0.2) is 72.7 Å². The summed E-state index contributed by atoms with van der Waals surface area (Å²) in [6.07, 6.45) is -5.13. The third-order valence-electron chi connectivity index (χ3n) is 2.53. The molecule has 0 aromatic carbocycles. The number of rotatable bonds is 4. The van der Waals surface area contributed by atoms with Crippen LogP contribution in [0.1, 0.15) is 0 Å². The van der Waals surface area contributed by atoms with Crippen LogP contribution in [-0.2, 0) is 28.5 Å². The molecule has 20 heavy (non-hydrogen) atoms. The first-order valence-corrected chi connectivity index (χ1v) is 5.61. The molecule has 0 aromatic heterocycles. The van der Waals surface area contributed by atoms with E-state index in [-0.39, 0.29) is 6.61 Å². The Labute approximate surface area is 114 Å². The molecule has 3 N–H and O–H groups in total. The van der Waals surface area contributed by atoms with Gasteiger partial charge < -0.3 is 34.3 Å². The van der Waals surface area contributed by atoms with E-state index in [2.05, 4.69) is 9.47 Å². The van der Waals surface area contributed by atoms with Gasteiger partial charge in [-0.25, -0.2) is 9.59 Å². The average molecular weight is 292 g/mol. The number of esters is 2. The number of methoxy groups -OCH3 is 2. The van der Waals surface area contributed by atoms with Crippen molar-refractivity contribution in [3.05, 3.63) is 11.8 Å². The smallest absolute Gasteiger partial charge is 0.373 e. The Morgan fingerprint density at radius 1 is 1.15 bits per heavy atom. The number of ether oxygens (including phenoxy) is 4. The Morgan fingerprint density at radius 2 is 1.80 bits per heavy atom. The standard InChI is InChI=1S/C11H16O9/c1-17-7(13)3-6(10(16)18-2)20-11-9(15)8(14)5(12)4-19-11/h3,5,8-9,11-12,14-15H,4H2,1-2H3/b6-3-/t5-,8-,9-,11-/m1/s1. The number of carbonyl (C=O) groups excluding carboxylic acids is 2. The molecule has 1 aliphatic rings. The lowest BCUT2D eigenvalue weighted by atomic mass is 10.1. The SMILES string of the molecule is COC(=O)/C=C(\O[C@H]1OC[C@@H](O)[C@@H](O)[C@H]1O)C(=O)OC. The van der Waals surface area contributed by atoms with Gasteiger partial charge in [-0.15, -0.1) is 0 Å². The Kier molecular flexibility index (Phi) is 5.89. The second-order valence-electron chi connectivity index (χ2n) is 3.89. The molecule has 1 saturated heterocycles. The molecule has 0 spiro atoms. The van der Waals surface area contributed by atoms with Gasteiger partial charge in [-0.2, -0.15) is 0 Å². The second kappa shape index (κ2) is 7.20. The van der Waals surface area contributed by atoms with Crippen LogP contribution in [0.15, 0.2) is 11.8 Å². The van der Waals surface area contributed by atoms with Crippen molar-refractivity contribution in [1.29, 1.82) is 0 Å². The number of aliphatic hydroxyl groups is 3. The Hall–Kier alpha value is -1.68. The van der Waals surface area contributed by atoms with E-state index in [1.165, 1.54) is 0 Å². The fraction of sp³-hybridized carbons (Fsp3) is 0.636. The largest absolute Gasteiger partial charge is 0.466 e. The lowest BCUT2D eigenvalue weighted by molar-refractivity contribution is -0.259. The molecule has 4 atom stereocenters. The summed E-state index contributed by atoms with van der Waals surface area (Å²) in [5.41, 5.74) is 0. The highest BCUT2D eigenvalue weighted by molar-refractivity contribution is 5.94. The van der Waals surface area contributed by atoms with E-state index >= 15 is 0 Å². The molecule has 0 aliphatic carbocycles. The van der Waals surface area contributed by atoms with Gasteiger partial charge in [0.25, 0.3) is 0 Å². The van der Waals surface area contributed by atoms with Crippen LogP contribution >= 0.6 is 0 Å². The zero-order valence-electron chi connectivity index (χ0n) is 10.9. The molecular formula is C11H16O9. The molecule has 9 heteroatoms. The molecular weight excluding hydrogens is 276 g/mol.